The van der Waals surface area contributed by atoms with Gasteiger partial charge in [0.25, 0.3) is 0 Å². The van der Waals surface area contributed by atoms with Crippen molar-refractivity contribution in [2.24, 2.45) is 0 Å². The Hall–Kier alpha value is -2.18. The Kier molecular flexibility index (Phi) is 3.27. The topological polar surface area (TPSA) is 59.6 Å². The van der Waals surface area contributed by atoms with Crippen LogP contribution in [0, 0.1) is 13.8 Å². The standard InChI is InChI=1S/C14H17FN4O2/c1-9-6-18(8-12(20)17-4-3-11(15)7-17)14(21)19-10(2)5-16-13(9)19/h5-6,11H,3-4,7-8H2,1-2H3. The Morgan fingerprint density at radius 3 is 2.90 bits per heavy atom. The maximum atomic E-state index is 13.2. The molecule has 1 unspecified atom stereocenters. The van der Waals surface area contributed by atoms with Crippen molar-refractivity contribution in [2.45, 2.75) is 33.0 Å². The first kappa shape index (κ1) is 13.8. The predicted molar refractivity (Wildman–Crippen MR) is 75.0 cm³/mol. The summed E-state index contributed by atoms with van der Waals surface area (Å²) >= 11 is 0. The van der Waals surface area contributed by atoms with Crippen molar-refractivity contribution < 1.29 is 9.18 Å². The minimum atomic E-state index is -0.953. The van der Waals surface area contributed by atoms with E-state index in [9.17, 15) is 14.0 Å². The van der Waals surface area contributed by atoms with E-state index >= 15 is 0 Å². The van der Waals surface area contributed by atoms with Gasteiger partial charge in [0.1, 0.15) is 18.4 Å². The monoisotopic (exact) mass is 292 g/mol. The van der Waals surface area contributed by atoms with Gasteiger partial charge in [-0.1, -0.05) is 0 Å². The number of carbonyl (C=O) groups is 1. The minimum absolute atomic E-state index is 0.0695. The lowest BCUT2D eigenvalue weighted by atomic mass is 10.3. The number of carbonyl (C=O) groups excluding carboxylic acids is 1. The number of hydrogen-bond donors (Lipinski definition) is 0. The molecular weight excluding hydrogens is 275 g/mol. The molecule has 1 aliphatic rings. The molecule has 0 radical (unpaired) electrons. The van der Waals surface area contributed by atoms with E-state index in [1.807, 2.05) is 6.92 Å². The van der Waals surface area contributed by atoms with Crippen LogP contribution in [0.4, 0.5) is 4.39 Å². The maximum absolute atomic E-state index is 13.2. The Morgan fingerprint density at radius 2 is 2.24 bits per heavy atom. The average Bonchev–Trinajstić information content (AvgIpc) is 3.02. The number of nitrogens with zero attached hydrogens (tertiary/aromatic N) is 4. The SMILES string of the molecule is Cc1cn(CC(=O)N2CCC(F)C2)c(=O)n2c(C)cnc12. The van der Waals surface area contributed by atoms with Crippen LogP contribution in [0.15, 0.2) is 17.2 Å². The summed E-state index contributed by atoms with van der Waals surface area (Å²) in [6, 6.07) is 0. The van der Waals surface area contributed by atoms with Gasteiger partial charge in [-0.15, -0.1) is 0 Å². The largest absolute Gasteiger partial charge is 0.338 e. The van der Waals surface area contributed by atoms with Gasteiger partial charge >= 0.3 is 5.69 Å². The molecular formula is C14H17FN4O2. The summed E-state index contributed by atoms with van der Waals surface area (Å²) < 4.78 is 16.0. The summed E-state index contributed by atoms with van der Waals surface area (Å²) in [7, 11) is 0. The molecule has 1 amide bonds. The molecule has 112 valence electrons. The predicted octanol–water partition coefficient (Wildman–Crippen LogP) is 0.683. The van der Waals surface area contributed by atoms with E-state index in [0.717, 1.165) is 11.3 Å². The van der Waals surface area contributed by atoms with E-state index in [2.05, 4.69) is 4.98 Å². The van der Waals surface area contributed by atoms with Gasteiger partial charge in [0.15, 0.2) is 0 Å². The summed E-state index contributed by atoms with van der Waals surface area (Å²) in [6.07, 6.45) is 2.68. The fourth-order valence-electron chi connectivity index (χ4n) is 2.74. The molecule has 0 saturated carbocycles. The first-order valence-corrected chi connectivity index (χ1v) is 6.93. The number of imidazole rings is 1. The van der Waals surface area contributed by atoms with Gasteiger partial charge in [-0.2, -0.15) is 0 Å². The summed E-state index contributed by atoms with van der Waals surface area (Å²) in [5, 5.41) is 0. The summed E-state index contributed by atoms with van der Waals surface area (Å²) in [4.78, 5) is 30.2. The zero-order chi connectivity index (χ0) is 15.1. The molecule has 7 heteroatoms. The minimum Gasteiger partial charge on any atom is -0.338 e. The molecule has 0 spiro atoms. The Morgan fingerprint density at radius 1 is 1.48 bits per heavy atom. The van der Waals surface area contributed by atoms with Crippen molar-refractivity contribution in [3.05, 3.63) is 34.1 Å². The van der Waals surface area contributed by atoms with Gasteiger partial charge in [0.05, 0.1) is 6.54 Å². The molecule has 1 fully saturated rings. The first-order chi connectivity index (χ1) is 9.97. The molecule has 1 saturated heterocycles. The number of aryl methyl sites for hydroxylation is 2. The summed E-state index contributed by atoms with van der Waals surface area (Å²) in [6.45, 7) is 4.11. The molecule has 0 aromatic carbocycles. The molecule has 0 bridgehead atoms. The Labute approximate surface area is 120 Å². The van der Waals surface area contributed by atoms with Crippen molar-refractivity contribution in [1.82, 2.24) is 18.9 Å². The highest BCUT2D eigenvalue weighted by Gasteiger charge is 2.26. The van der Waals surface area contributed by atoms with E-state index in [1.54, 1.807) is 19.3 Å². The van der Waals surface area contributed by atoms with E-state index in [4.69, 9.17) is 0 Å². The van der Waals surface area contributed by atoms with Gasteiger partial charge in [-0.25, -0.2) is 18.6 Å². The number of alkyl halides is 1. The molecule has 3 rings (SSSR count). The van der Waals surface area contributed by atoms with Crippen LogP contribution in [0.25, 0.3) is 5.65 Å². The lowest BCUT2D eigenvalue weighted by molar-refractivity contribution is -0.131. The van der Waals surface area contributed by atoms with Gasteiger partial charge in [0, 0.05) is 30.2 Å². The fraction of sp³-hybridized carbons (Fsp3) is 0.500. The average molecular weight is 292 g/mol. The normalized spacial score (nSPS) is 18.6. The third kappa shape index (κ3) is 2.32. The number of likely N-dealkylation sites (tertiary alicyclic amines) is 1. The lowest BCUT2D eigenvalue weighted by Crippen LogP contribution is -2.37. The van der Waals surface area contributed by atoms with Gasteiger partial charge < -0.3 is 4.90 Å². The van der Waals surface area contributed by atoms with Crippen molar-refractivity contribution >= 4 is 11.6 Å². The van der Waals surface area contributed by atoms with E-state index in [0.29, 0.717) is 18.6 Å². The van der Waals surface area contributed by atoms with Gasteiger partial charge in [-0.05, 0) is 20.3 Å². The molecule has 21 heavy (non-hydrogen) atoms. The zero-order valence-electron chi connectivity index (χ0n) is 12.0. The van der Waals surface area contributed by atoms with Crippen LogP contribution in [0.3, 0.4) is 0 Å². The van der Waals surface area contributed by atoms with Gasteiger partial charge in [-0.3, -0.25) is 9.36 Å². The first-order valence-electron chi connectivity index (χ1n) is 6.93. The van der Waals surface area contributed by atoms with E-state index in [-0.39, 0.29) is 24.7 Å². The number of halogens is 1. The van der Waals surface area contributed by atoms with Crippen LogP contribution in [-0.2, 0) is 11.3 Å². The van der Waals surface area contributed by atoms with Crippen LogP contribution < -0.4 is 5.69 Å². The zero-order valence-corrected chi connectivity index (χ0v) is 12.0. The van der Waals surface area contributed by atoms with Crippen LogP contribution in [0.5, 0.6) is 0 Å². The molecule has 6 nitrogen and oxygen atoms in total. The molecule has 0 aliphatic carbocycles. The van der Waals surface area contributed by atoms with Crippen LogP contribution in [-0.4, -0.2) is 44.0 Å². The second-order valence-corrected chi connectivity index (χ2v) is 5.51. The van der Waals surface area contributed by atoms with Crippen molar-refractivity contribution in [1.29, 1.82) is 0 Å². The van der Waals surface area contributed by atoms with Crippen molar-refractivity contribution in [3.8, 4) is 0 Å². The molecule has 3 heterocycles. The number of aromatic nitrogens is 3. The second kappa shape index (κ2) is 4.98. The highest BCUT2D eigenvalue weighted by atomic mass is 19.1. The van der Waals surface area contributed by atoms with Crippen molar-refractivity contribution in [3.63, 3.8) is 0 Å². The van der Waals surface area contributed by atoms with E-state index in [1.165, 1.54) is 13.9 Å². The van der Waals surface area contributed by atoms with Crippen LogP contribution in [0.1, 0.15) is 17.7 Å². The maximum Gasteiger partial charge on any atom is 0.334 e. The summed E-state index contributed by atoms with van der Waals surface area (Å²) in [5.41, 5.74) is 1.85. The highest BCUT2D eigenvalue weighted by molar-refractivity contribution is 5.76. The van der Waals surface area contributed by atoms with Crippen LogP contribution >= 0.6 is 0 Å². The third-order valence-corrected chi connectivity index (χ3v) is 3.87. The van der Waals surface area contributed by atoms with Gasteiger partial charge in [0.2, 0.25) is 5.91 Å². The Balaban J connectivity index is 1.94. The van der Waals surface area contributed by atoms with E-state index < -0.39 is 6.17 Å². The quantitative estimate of drug-likeness (QED) is 0.818. The number of hydrogen-bond acceptors (Lipinski definition) is 3. The van der Waals surface area contributed by atoms with Crippen molar-refractivity contribution in [2.75, 3.05) is 13.1 Å². The number of fused-ring (bicyclic) bond motifs is 1. The highest BCUT2D eigenvalue weighted by Crippen LogP contribution is 2.13. The number of amides is 1. The fourth-order valence-corrected chi connectivity index (χ4v) is 2.74. The number of rotatable bonds is 2. The molecule has 2 aromatic heterocycles. The lowest BCUT2D eigenvalue weighted by Gasteiger charge is -2.16. The molecule has 0 N–H and O–H groups in total. The Bertz CT molecular complexity index is 764. The molecule has 1 aliphatic heterocycles. The molecule has 2 aromatic rings. The molecule has 1 atom stereocenters. The second-order valence-electron chi connectivity index (χ2n) is 5.51. The third-order valence-electron chi connectivity index (χ3n) is 3.87. The van der Waals surface area contributed by atoms with Crippen LogP contribution in [0.2, 0.25) is 0 Å². The smallest absolute Gasteiger partial charge is 0.334 e. The summed E-state index contributed by atoms with van der Waals surface area (Å²) in [5.74, 6) is -0.228.